The molecule has 1 fully saturated rings. The van der Waals surface area contributed by atoms with Gasteiger partial charge in [0, 0.05) is 6.04 Å². The number of carbonyl (C=O) groups is 2. The Bertz CT molecular complexity index is 458. The van der Waals surface area contributed by atoms with Gasteiger partial charge >= 0.3 is 0 Å². The van der Waals surface area contributed by atoms with E-state index >= 15 is 0 Å². The Labute approximate surface area is 109 Å². The number of amides is 2. The average Bonchev–Trinajstić information content (AvgIpc) is 2.96. The van der Waals surface area contributed by atoms with Crippen LogP contribution in [0.4, 0.5) is 0 Å². The third kappa shape index (κ3) is 2.48. The smallest absolute Gasteiger partial charge is 0.265 e. The van der Waals surface area contributed by atoms with E-state index in [0.717, 1.165) is 19.3 Å². The minimum atomic E-state index is -0.337. The molecule has 6 heteroatoms. The van der Waals surface area contributed by atoms with Crippen molar-refractivity contribution in [1.29, 1.82) is 0 Å². The first kappa shape index (κ1) is 12.9. The van der Waals surface area contributed by atoms with Crippen molar-refractivity contribution in [1.82, 2.24) is 5.32 Å². The number of nitrogens with one attached hydrogen (secondary N) is 1. The Hall–Kier alpha value is -1.56. The minimum absolute atomic E-state index is 0.151. The van der Waals surface area contributed by atoms with Crippen molar-refractivity contribution in [3.05, 3.63) is 16.3 Å². The molecule has 0 spiro atoms. The van der Waals surface area contributed by atoms with Crippen LogP contribution >= 0.6 is 11.3 Å². The Balaban J connectivity index is 2.05. The van der Waals surface area contributed by atoms with Gasteiger partial charge in [0.1, 0.15) is 10.6 Å². The Morgan fingerprint density at radius 3 is 2.94 bits per heavy atom. The molecule has 1 aromatic rings. The van der Waals surface area contributed by atoms with Crippen LogP contribution in [-0.2, 0) is 4.79 Å². The van der Waals surface area contributed by atoms with Crippen molar-refractivity contribution < 1.29 is 14.3 Å². The molecule has 0 aromatic carbocycles. The zero-order valence-electron chi connectivity index (χ0n) is 10.1. The monoisotopic (exact) mass is 268 g/mol. The molecule has 0 saturated heterocycles. The first-order chi connectivity index (χ1) is 8.63. The summed E-state index contributed by atoms with van der Waals surface area (Å²) in [5.41, 5.74) is 5.33. The van der Waals surface area contributed by atoms with Gasteiger partial charge in [0.25, 0.3) is 5.91 Å². The number of hydrogen-bond donors (Lipinski definition) is 2. The topological polar surface area (TPSA) is 81.4 Å². The lowest BCUT2D eigenvalue weighted by Crippen LogP contribution is -2.42. The highest BCUT2D eigenvalue weighted by Crippen LogP contribution is 2.28. The summed E-state index contributed by atoms with van der Waals surface area (Å²) in [6.45, 7) is 0. The highest BCUT2D eigenvalue weighted by molar-refractivity contribution is 7.12. The zero-order chi connectivity index (χ0) is 13.1. The van der Waals surface area contributed by atoms with Crippen LogP contribution in [0.2, 0.25) is 0 Å². The fraction of sp³-hybridized carbons (Fsp3) is 0.500. The van der Waals surface area contributed by atoms with E-state index in [0.29, 0.717) is 10.6 Å². The fourth-order valence-electron chi connectivity index (χ4n) is 2.33. The van der Waals surface area contributed by atoms with Gasteiger partial charge in [-0.15, -0.1) is 11.3 Å². The molecular formula is C12H16N2O3S. The van der Waals surface area contributed by atoms with E-state index in [4.69, 9.17) is 10.5 Å². The molecule has 98 valence electrons. The quantitative estimate of drug-likeness (QED) is 0.859. The lowest BCUT2D eigenvalue weighted by Gasteiger charge is -2.18. The fourth-order valence-corrected chi connectivity index (χ4v) is 3.09. The van der Waals surface area contributed by atoms with Crippen molar-refractivity contribution in [2.24, 2.45) is 11.7 Å². The summed E-state index contributed by atoms with van der Waals surface area (Å²) in [5, 5.41) is 4.68. The van der Waals surface area contributed by atoms with Crippen LogP contribution in [0.15, 0.2) is 11.4 Å². The molecule has 1 aliphatic rings. The molecule has 2 atom stereocenters. The maximum absolute atomic E-state index is 12.1. The van der Waals surface area contributed by atoms with Crippen molar-refractivity contribution in [2.45, 2.75) is 25.3 Å². The summed E-state index contributed by atoms with van der Waals surface area (Å²) in [6, 6.07) is 1.60. The second-order valence-electron chi connectivity index (χ2n) is 4.34. The number of nitrogens with two attached hydrogens (primary N) is 1. The molecule has 0 aliphatic heterocycles. The number of methoxy groups -OCH3 is 1. The molecule has 2 amide bonds. The predicted molar refractivity (Wildman–Crippen MR) is 68.7 cm³/mol. The van der Waals surface area contributed by atoms with E-state index in [1.807, 2.05) is 0 Å². The molecule has 18 heavy (non-hydrogen) atoms. The van der Waals surface area contributed by atoms with Gasteiger partial charge in [-0.25, -0.2) is 0 Å². The van der Waals surface area contributed by atoms with E-state index < -0.39 is 0 Å². The summed E-state index contributed by atoms with van der Waals surface area (Å²) in [4.78, 5) is 23.9. The van der Waals surface area contributed by atoms with Gasteiger partial charge in [0.15, 0.2) is 0 Å². The van der Waals surface area contributed by atoms with Gasteiger partial charge in [-0.1, -0.05) is 6.42 Å². The molecule has 1 heterocycles. The van der Waals surface area contributed by atoms with Crippen molar-refractivity contribution in [3.8, 4) is 5.75 Å². The highest BCUT2D eigenvalue weighted by atomic mass is 32.1. The molecule has 1 aromatic heterocycles. The minimum Gasteiger partial charge on any atom is -0.495 e. The molecule has 5 nitrogen and oxygen atoms in total. The van der Waals surface area contributed by atoms with Gasteiger partial charge in [0.2, 0.25) is 5.91 Å². The molecular weight excluding hydrogens is 252 g/mol. The maximum Gasteiger partial charge on any atom is 0.265 e. The third-order valence-corrected chi connectivity index (χ3v) is 4.15. The maximum atomic E-state index is 12.1. The van der Waals surface area contributed by atoms with Crippen molar-refractivity contribution >= 4 is 23.2 Å². The predicted octanol–water partition coefficient (Wildman–Crippen LogP) is 1.14. The second kappa shape index (κ2) is 5.39. The third-order valence-electron chi connectivity index (χ3n) is 3.25. The van der Waals surface area contributed by atoms with Gasteiger partial charge in [-0.2, -0.15) is 0 Å². The van der Waals surface area contributed by atoms with Crippen LogP contribution < -0.4 is 15.8 Å². The van der Waals surface area contributed by atoms with Crippen LogP contribution in [0.5, 0.6) is 5.75 Å². The van der Waals surface area contributed by atoms with E-state index in [-0.39, 0.29) is 23.8 Å². The Morgan fingerprint density at radius 1 is 1.50 bits per heavy atom. The molecule has 1 saturated carbocycles. The van der Waals surface area contributed by atoms with Gasteiger partial charge < -0.3 is 15.8 Å². The van der Waals surface area contributed by atoms with Crippen LogP contribution in [-0.4, -0.2) is 25.0 Å². The normalized spacial score (nSPS) is 22.7. The van der Waals surface area contributed by atoms with E-state index in [1.165, 1.54) is 18.4 Å². The lowest BCUT2D eigenvalue weighted by molar-refractivity contribution is -0.122. The van der Waals surface area contributed by atoms with Gasteiger partial charge in [-0.3, -0.25) is 9.59 Å². The van der Waals surface area contributed by atoms with E-state index in [9.17, 15) is 9.59 Å². The van der Waals surface area contributed by atoms with E-state index in [1.54, 1.807) is 11.4 Å². The molecule has 3 N–H and O–H groups in total. The van der Waals surface area contributed by atoms with Crippen LogP contribution in [0, 0.1) is 5.92 Å². The van der Waals surface area contributed by atoms with Crippen LogP contribution in [0.25, 0.3) is 0 Å². The number of hydrogen-bond acceptors (Lipinski definition) is 4. The average molecular weight is 268 g/mol. The standard InChI is InChI=1S/C12H16N2O3S/c1-17-9-5-6-18-10(9)12(16)14-8-4-2-3-7(8)11(13)15/h5-8H,2-4H2,1H3,(H2,13,15)(H,14,16)/t7-,8-/m1/s1. The number of primary amides is 1. The lowest BCUT2D eigenvalue weighted by atomic mass is 10.0. The van der Waals surface area contributed by atoms with E-state index in [2.05, 4.69) is 5.32 Å². The summed E-state index contributed by atoms with van der Waals surface area (Å²) in [5.74, 6) is -0.220. The molecule has 2 rings (SSSR count). The number of rotatable bonds is 4. The first-order valence-electron chi connectivity index (χ1n) is 5.85. The second-order valence-corrected chi connectivity index (χ2v) is 5.25. The van der Waals surface area contributed by atoms with Crippen molar-refractivity contribution in [2.75, 3.05) is 7.11 Å². The first-order valence-corrected chi connectivity index (χ1v) is 6.73. The van der Waals surface area contributed by atoms with Crippen molar-refractivity contribution in [3.63, 3.8) is 0 Å². The van der Waals surface area contributed by atoms with Crippen LogP contribution in [0.3, 0.4) is 0 Å². The summed E-state index contributed by atoms with van der Waals surface area (Å²) < 4.78 is 5.10. The molecule has 1 aliphatic carbocycles. The largest absolute Gasteiger partial charge is 0.495 e. The number of ether oxygens (including phenoxy) is 1. The zero-order valence-corrected chi connectivity index (χ0v) is 11.0. The number of thiophene rings is 1. The Morgan fingerprint density at radius 2 is 2.28 bits per heavy atom. The molecule has 0 unspecified atom stereocenters. The summed E-state index contributed by atoms with van der Waals surface area (Å²) in [6.07, 6.45) is 2.47. The summed E-state index contributed by atoms with van der Waals surface area (Å²) in [7, 11) is 1.53. The van der Waals surface area contributed by atoms with Gasteiger partial charge in [-0.05, 0) is 24.3 Å². The molecule has 0 radical (unpaired) electrons. The Kier molecular flexibility index (Phi) is 3.86. The molecule has 0 bridgehead atoms. The SMILES string of the molecule is COc1ccsc1C(=O)N[C@@H]1CCC[C@H]1C(N)=O. The van der Waals surface area contributed by atoms with Gasteiger partial charge in [0.05, 0.1) is 13.0 Å². The van der Waals surface area contributed by atoms with Crippen LogP contribution in [0.1, 0.15) is 28.9 Å². The summed E-state index contributed by atoms with van der Waals surface area (Å²) >= 11 is 1.32. The number of carbonyl (C=O) groups excluding carboxylic acids is 2. The highest BCUT2D eigenvalue weighted by Gasteiger charge is 2.33.